The van der Waals surface area contributed by atoms with E-state index in [-0.39, 0.29) is 11.5 Å². The molecule has 0 radical (unpaired) electrons. The maximum atomic E-state index is 12.5. The SMILES string of the molecule is CCc1cc(-c2cc(C(=O)NCCc3ccncc3)ccn2)c(C)[nH]c1=O. The molecule has 0 aliphatic heterocycles. The molecule has 138 valence electrons. The van der Waals surface area contributed by atoms with Crippen molar-refractivity contribution in [2.24, 2.45) is 0 Å². The maximum absolute atomic E-state index is 12.5. The number of rotatable bonds is 6. The van der Waals surface area contributed by atoms with Gasteiger partial charge in [0.1, 0.15) is 0 Å². The van der Waals surface area contributed by atoms with Crippen molar-refractivity contribution in [3.63, 3.8) is 0 Å². The predicted molar refractivity (Wildman–Crippen MR) is 105 cm³/mol. The van der Waals surface area contributed by atoms with Crippen LogP contribution in [-0.2, 0) is 12.8 Å². The van der Waals surface area contributed by atoms with E-state index in [1.54, 1.807) is 30.7 Å². The summed E-state index contributed by atoms with van der Waals surface area (Å²) >= 11 is 0. The number of nitrogens with zero attached hydrogens (tertiary/aromatic N) is 2. The van der Waals surface area contributed by atoms with Crippen LogP contribution in [-0.4, -0.2) is 27.4 Å². The Morgan fingerprint density at radius 3 is 2.67 bits per heavy atom. The Morgan fingerprint density at radius 2 is 1.93 bits per heavy atom. The highest BCUT2D eigenvalue weighted by Gasteiger charge is 2.11. The number of carbonyl (C=O) groups is 1. The normalized spacial score (nSPS) is 10.6. The van der Waals surface area contributed by atoms with Crippen molar-refractivity contribution in [1.82, 2.24) is 20.3 Å². The minimum Gasteiger partial charge on any atom is -0.352 e. The molecule has 6 heteroatoms. The smallest absolute Gasteiger partial charge is 0.251 e. The molecule has 6 nitrogen and oxygen atoms in total. The van der Waals surface area contributed by atoms with Crippen LogP contribution in [0.25, 0.3) is 11.3 Å². The lowest BCUT2D eigenvalue weighted by Crippen LogP contribution is -2.25. The van der Waals surface area contributed by atoms with Crippen molar-refractivity contribution in [2.75, 3.05) is 6.54 Å². The first-order valence-electron chi connectivity index (χ1n) is 8.94. The number of pyridine rings is 3. The van der Waals surface area contributed by atoms with Crippen LogP contribution in [0.3, 0.4) is 0 Å². The van der Waals surface area contributed by atoms with Gasteiger partial charge >= 0.3 is 0 Å². The molecular formula is C21H22N4O2. The van der Waals surface area contributed by atoms with Crippen molar-refractivity contribution < 1.29 is 4.79 Å². The lowest BCUT2D eigenvalue weighted by molar-refractivity contribution is 0.0954. The van der Waals surface area contributed by atoms with Crippen LogP contribution in [0.5, 0.6) is 0 Å². The molecule has 0 aliphatic rings. The fraction of sp³-hybridized carbons (Fsp3) is 0.238. The molecule has 3 aromatic rings. The van der Waals surface area contributed by atoms with Gasteiger partial charge in [0, 0.05) is 47.5 Å². The number of aromatic nitrogens is 3. The fourth-order valence-corrected chi connectivity index (χ4v) is 2.89. The molecule has 3 aromatic heterocycles. The molecule has 0 unspecified atom stereocenters. The molecule has 1 amide bonds. The summed E-state index contributed by atoms with van der Waals surface area (Å²) < 4.78 is 0. The average Bonchev–Trinajstić information content (AvgIpc) is 2.69. The number of aryl methyl sites for hydroxylation is 2. The molecule has 2 N–H and O–H groups in total. The molecule has 0 spiro atoms. The monoisotopic (exact) mass is 362 g/mol. The van der Waals surface area contributed by atoms with Crippen molar-refractivity contribution in [3.05, 3.63) is 81.7 Å². The Kier molecular flexibility index (Phi) is 5.76. The minimum atomic E-state index is -0.148. The van der Waals surface area contributed by atoms with E-state index in [1.165, 1.54) is 0 Å². The Morgan fingerprint density at radius 1 is 1.15 bits per heavy atom. The van der Waals surface area contributed by atoms with E-state index in [0.717, 1.165) is 23.2 Å². The summed E-state index contributed by atoms with van der Waals surface area (Å²) in [7, 11) is 0. The first kappa shape index (κ1) is 18.5. The highest BCUT2D eigenvalue weighted by Crippen LogP contribution is 2.21. The second-order valence-corrected chi connectivity index (χ2v) is 6.31. The molecule has 0 aliphatic carbocycles. The Hall–Kier alpha value is -3.28. The summed E-state index contributed by atoms with van der Waals surface area (Å²) in [5, 5.41) is 2.93. The fourth-order valence-electron chi connectivity index (χ4n) is 2.89. The summed E-state index contributed by atoms with van der Waals surface area (Å²) in [5.41, 5.74) is 4.52. The third-order valence-electron chi connectivity index (χ3n) is 4.44. The summed E-state index contributed by atoms with van der Waals surface area (Å²) in [6, 6.07) is 9.15. The average molecular weight is 362 g/mol. The molecular weight excluding hydrogens is 340 g/mol. The largest absolute Gasteiger partial charge is 0.352 e. The van der Waals surface area contributed by atoms with E-state index in [2.05, 4.69) is 20.3 Å². The zero-order chi connectivity index (χ0) is 19.2. The van der Waals surface area contributed by atoms with Crippen LogP contribution < -0.4 is 10.9 Å². The van der Waals surface area contributed by atoms with E-state index >= 15 is 0 Å². The quantitative estimate of drug-likeness (QED) is 0.706. The number of amides is 1. The number of hydrogen-bond acceptors (Lipinski definition) is 4. The molecule has 0 fully saturated rings. The van der Waals surface area contributed by atoms with Crippen molar-refractivity contribution >= 4 is 5.91 Å². The summed E-state index contributed by atoms with van der Waals surface area (Å²) in [6.07, 6.45) is 6.47. The van der Waals surface area contributed by atoms with Crippen LogP contribution in [0.1, 0.15) is 34.1 Å². The lowest BCUT2D eigenvalue weighted by atomic mass is 10.0. The van der Waals surface area contributed by atoms with Gasteiger partial charge < -0.3 is 10.3 Å². The minimum absolute atomic E-state index is 0.0799. The van der Waals surface area contributed by atoms with E-state index in [9.17, 15) is 9.59 Å². The number of nitrogens with one attached hydrogen (secondary N) is 2. The van der Waals surface area contributed by atoms with E-state index < -0.39 is 0 Å². The number of H-pyrrole nitrogens is 1. The first-order valence-corrected chi connectivity index (χ1v) is 8.94. The van der Waals surface area contributed by atoms with E-state index in [0.29, 0.717) is 29.8 Å². The molecule has 3 rings (SSSR count). The molecule has 0 atom stereocenters. The van der Waals surface area contributed by atoms with Crippen molar-refractivity contribution in [1.29, 1.82) is 0 Å². The summed E-state index contributed by atoms with van der Waals surface area (Å²) in [4.78, 5) is 35.6. The van der Waals surface area contributed by atoms with E-state index in [4.69, 9.17) is 0 Å². The first-order chi connectivity index (χ1) is 13.1. The van der Waals surface area contributed by atoms with Gasteiger partial charge in [0.05, 0.1) is 5.69 Å². The van der Waals surface area contributed by atoms with Gasteiger partial charge in [0.25, 0.3) is 11.5 Å². The van der Waals surface area contributed by atoms with Crippen LogP contribution in [0.15, 0.2) is 53.7 Å². The van der Waals surface area contributed by atoms with Gasteiger partial charge in [-0.05, 0) is 55.7 Å². The lowest BCUT2D eigenvalue weighted by Gasteiger charge is -2.09. The van der Waals surface area contributed by atoms with Gasteiger partial charge in [-0.3, -0.25) is 19.6 Å². The van der Waals surface area contributed by atoms with Gasteiger partial charge in [-0.15, -0.1) is 0 Å². The molecule has 0 saturated carbocycles. The number of hydrogen-bond donors (Lipinski definition) is 2. The van der Waals surface area contributed by atoms with Gasteiger partial charge in [-0.2, -0.15) is 0 Å². The third-order valence-corrected chi connectivity index (χ3v) is 4.44. The number of aromatic amines is 1. The van der Waals surface area contributed by atoms with Crippen LogP contribution in [0.4, 0.5) is 0 Å². The second kappa shape index (κ2) is 8.40. The van der Waals surface area contributed by atoms with E-state index in [1.807, 2.05) is 32.0 Å². The van der Waals surface area contributed by atoms with Crippen LogP contribution in [0, 0.1) is 6.92 Å². The van der Waals surface area contributed by atoms with Crippen LogP contribution >= 0.6 is 0 Å². The van der Waals surface area contributed by atoms with Gasteiger partial charge in [-0.25, -0.2) is 0 Å². The molecule has 0 aromatic carbocycles. The van der Waals surface area contributed by atoms with Gasteiger partial charge in [0.2, 0.25) is 0 Å². The zero-order valence-electron chi connectivity index (χ0n) is 15.5. The van der Waals surface area contributed by atoms with Gasteiger partial charge in [-0.1, -0.05) is 6.92 Å². The highest BCUT2D eigenvalue weighted by molar-refractivity contribution is 5.95. The second-order valence-electron chi connectivity index (χ2n) is 6.31. The van der Waals surface area contributed by atoms with Crippen molar-refractivity contribution in [2.45, 2.75) is 26.7 Å². The molecule has 0 bridgehead atoms. The molecule has 3 heterocycles. The third kappa shape index (κ3) is 4.47. The Bertz CT molecular complexity index is 997. The molecule has 27 heavy (non-hydrogen) atoms. The van der Waals surface area contributed by atoms with Crippen molar-refractivity contribution in [3.8, 4) is 11.3 Å². The molecule has 0 saturated heterocycles. The Balaban J connectivity index is 1.75. The maximum Gasteiger partial charge on any atom is 0.251 e. The summed E-state index contributed by atoms with van der Waals surface area (Å²) in [5.74, 6) is -0.148. The number of carbonyl (C=O) groups excluding carboxylic acids is 1. The Labute approximate surface area is 157 Å². The van der Waals surface area contributed by atoms with Gasteiger partial charge in [0.15, 0.2) is 0 Å². The predicted octanol–water partition coefficient (Wildman–Crippen LogP) is 2.68. The highest BCUT2D eigenvalue weighted by atomic mass is 16.1. The topological polar surface area (TPSA) is 87.7 Å². The standard InChI is InChI=1S/C21H22N4O2/c1-3-16-12-18(14(2)25-21(16)27)19-13-17(7-11-23-19)20(26)24-10-6-15-4-8-22-9-5-15/h4-5,7-9,11-13H,3,6,10H2,1-2H3,(H,24,26)(H,25,27). The summed E-state index contributed by atoms with van der Waals surface area (Å²) in [6.45, 7) is 4.31. The van der Waals surface area contributed by atoms with Crippen LogP contribution in [0.2, 0.25) is 0 Å². The zero-order valence-corrected chi connectivity index (χ0v) is 15.5.